The summed E-state index contributed by atoms with van der Waals surface area (Å²) in [5.41, 5.74) is -2.87. The molecule has 0 saturated heterocycles. The van der Waals surface area contributed by atoms with Crippen molar-refractivity contribution in [3.63, 3.8) is 0 Å². The molecular formula is C32H44O7. The number of Topliss-reactive ketones (excluding diaryl/α,β-unsaturated/α-hetero) is 1. The van der Waals surface area contributed by atoms with Crippen LogP contribution in [0.3, 0.4) is 0 Å². The van der Waals surface area contributed by atoms with E-state index in [1.165, 1.54) is 13.0 Å². The van der Waals surface area contributed by atoms with Gasteiger partial charge in [-0.15, -0.1) is 0 Å². The number of fused-ring (bicyclic) bond motifs is 3. The van der Waals surface area contributed by atoms with Gasteiger partial charge in [-0.25, -0.2) is 4.79 Å². The minimum absolute atomic E-state index is 0.0519. The number of hydrogen-bond donors (Lipinski definition) is 2. The zero-order valence-electron chi connectivity index (χ0n) is 24.1. The molecular weight excluding hydrogens is 496 g/mol. The normalized spacial score (nSPS) is 38.4. The molecule has 0 radical (unpaired) electrons. The van der Waals surface area contributed by atoms with Crippen LogP contribution in [-0.2, 0) is 23.9 Å². The SMILES string of the molecule is CCCCCC=CC=CC(=O)O[C@H]1C(C)=C[C@]23C(=O)[C@H](C=C(COC(C)=O)[C@@H](O)[C@]12O)[C@H]1[C@@H](C[C@H]3C)C1(C)C. The summed E-state index contributed by atoms with van der Waals surface area (Å²) in [4.78, 5) is 39.1. The summed E-state index contributed by atoms with van der Waals surface area (Å²) in [6.45, 7) is 11.1. The summed E-state index contributed by atoms with van der Waals surface area (Å²) in [5, 5.41) is 24.3. The summed E-state index contributed by atoms with van der Waals surface area (Å²) in [7, 11) is 0. The highest BCUT2D eigenvalue weighted by molar-refractivity contribution is 5.95. The molecule has 0 amide bonds. The molecule has 0 unspecified atom stereocenters. The van der Waals surface area contributed by atoms with Crippen LogP contribution in [0.25, 0.3) is 0 Å². The highest BCUT2D eigenvalue weighted by atomic mass is 16.6. The molecule has 2 bridgehead atoms. The van der Waals surface area contributed by atoms with Crippen molar-refractivity contribution in [3.05, 3.63) is 47.6 Å². The third kappa shape index (κ3) is 4.76. The Morgan fingerprint density at radius 1 is 1.21 bits per heavy atom. The number of aliphatic hydroxyl groups excluding tert-OH is 1. The molecule has 8 atom stereocenters. The van der Waals surface area contributed by atoms with E-state index in [0.717, 1.165) is 25.7 Å². The summed E-state index contributed by atoms with van der Waals surface area (Å²) in [5.74, 6) is -1.92. The Morgan fingerprint density at radius 2 is 1.92 bits per heavy atom. The fourth-order valence-electron chi connectivity index (χ4n) is 7.74. The minimum Gasteiger partial charge on any atom is -0.461 e. The van der Waals surface area contributed by atoms with Crippen molar-refractivity contribution in [2.75, 3.05) is 6.61 Å². The largest absolute Gasteiger partial charge is 0.461 e. The number of unbranched alkanes of at least 4 members (excludes halogenated alkanes) is 3. The predicted molar refractivity (Wildman–Crippen MR) is 147 cm³/mol. The first-order valence-corrected chi connectivity index (χ1v) is 14.4. The third-order valence-electron chi connectivity index (χ3n) is 9.84. The summed E-state index contributed by atoms with van der Waals surface area (Å²) >= 11 is 0. The molecule has 214 valence electrons. The van der Waals surface area contributed by atoms with E-state index < -0.39 is 41.1 Å². The molecule has 0 aromatic heterocycles. The molecule has 7 heteroatoms. The number of hydrogen-bond acceptors (Lipinski definition) is 7. The number of ketones is 1. The standard InChI is InChI=1S/C32H44O7/c1-7-8-9-10-11-12-13-14-25(34)39-29-19(2)17-31-20(3)15-24-26(30(24,5)6)23(28(31)36)16-22(18-38-21(4)33)27(35)32(29,31)37/h11-14,16-17,20,23-24,26-27,29,35,37H,7-10,15,18H2,1-6H3/t20-,23-,24-,26+,27-,29+,31+,32+/m1/s1. The molecule has 0 aromatic rings. The van der Waals surface area contributed by atoms with Crippen molar-refractivity contribution >= 4 is 17.7 Å². The Bertz CT molecular complexity index is 1130. The van der Waals surface area contributed by atoms with E-state index in [0.29, 0.717) is 12.0 Å². The van der Waals surface area contributed by atoms with Crippen LogP contribution in [0, 0.1) is 34.5 Å². The maximum Gasteiger partial charge on any atom is 0.331 e. The molecule has 2 fully saturated rings. The Labute approximate surface area is 232 Å². The lowest BCUT2D eigenvalue weighted by Crippen LogP contribution is -2.65. The van der Waals surface area contributed by atoms with Gasteiger partial charge in [0.1, 0.15) is 12.7 Å². The number of ether oxygens (including phenoxy) is 2. The smallest absolute Gasteiger partial charge is 0.331 e. The van der Waals surface area contributed by atoms with Gasteiger partial charge < -0.3 is 19.7 Å². The van der Waals surface area contributed by atoms with Crippen molar-refractivity contribution in [2.24, 2.45) is 34.5 Å². The zero-order valence-corrected chi connectivity index (χ0v) is 24.1. The van der Waals surface area contributed by atoms with Crippen LogP contribution >= 0.6 is 0 Å². The third-order valence-corrected chi connectivity index (χ3v) is 9.84. The van der Waals surface area contributed by atoms with E-state index in [4.69, 9.17) is 9.47 Å². The molecule has 39 heavy (non-hydrogen) atoms. The van der Waals surface area contributed by atoms with Crippen molar-refractivity contribution in [2.45, 2.75) is 91.5 Å². The van der Waals surface area contributed by atoms with Crippen LogP contribution in [0.5, 0.6) is 0 Å². The van der Waals surface area contributed by atoms with Crippen LogP contribution in [0.2, 0.25) is 0 Å². The number of carbonyl (C=O) groups is 3. The fraction of sp³-hybridized carbons (Fsp3) is 0.656. The molecule has 0 heterocycles. The first-order chi connectivity index (χ1) is 18.3. The summed E-state index contributed by atoms with van der Waals surface area (Å²) in [6, 6.07) is 0. The van der Waals surface area contributed by atoms with Gasteiger partial charge in [-0.2, -0.15) is 0 Å². The van der Waals surface area contributed by atoms with Gasteiger partial charge in [0.05, 0.1) is 5.41 Å². The van der Waals surface area contributed by atoms with Gasteiger partial charge in [0.15, 0.2) is 17.5 Å². The minimum atomic E-state index is -2.14. The van der Waals surface area contributed by atoms with Crippen LogP contribution < -0.4 is 0 Å². The number of esters is 2. The lowest BCUT2D eigenvalue weighted by atomic mass is 9.59. The van der Waals surface area contributed by atoms with Crippen LogP contribution in [0.1, 0.15) is 73.6 Å². The van der Waals surface area contributed by atoms with Gasteiger partial charge in [-0.1, -0.05) is 70.9 Å². The van der Waals surface area contributed by atoms with Crippen molar-refractivity contribution in [3.8, 4) is 0 Å². The van der Waals surface area contributed by atoms with Gasteiger partial charge in [-0.3, -0.25) is 9.59 Å². The van der Waals surface area contributed by atoms with E-state index in [9.17, 15) is 24.6 Å². The second kappa shape index (κ2) is 10.8. The van der Waals surface area contributed by atoms with Gasteiger partial charge in [0, 0.05) is 18.9 Å². The Hall–Kier alpha value is -2.51. The number of aliphatic hydroxyl groups is 2. The van der Waals surface area contributed by atoms with Crippen molar-refractivity contribution in [1.29, 1.82) is 0 Å². The molecule has 7 nitrogen and oxygen atoms in total. The Kier molecular flexibility index (Phi) is 8.17. The monoisotopic (exact) mass is 540 g/mol. The molecule has 0 aliphatic heterocycles. The first-order valence-electron chi connectivity index (χ1n) is 14.4. The van der Waals surface area contributed by atoms with Gasteiger partial charge in [0.25, 0.3) is 0 Å². The maximum atomic E-state index is 14.5. The fourth-order valence-corrected chi connectivity index (χ4v) is 7.74. The molecule has 4 aliphatic rings. The molecule has 2 saturated carbocycles. The molecule has 2 N–H and O–H groups in total. The molecule has 0 aromatic carbocycles. The van der Waals surface area contributed by atoms with E-state index in [2.05, 4.69) is 20.8 Å². The van der Waals surface area contributed by atoms with Crippen molar-refractivity contribution in [1.82, 2.24) is 0 Å². The van der Waals surface area contributed by atoms with Crippen LogP contribution in [-0.4, -0.2) is 52.4 Å². The van der Waals surface area contributed by atoms with E-state index in [1.807, 2.05) is 13.0 Å². The van der Waals surface area contributed by atoms with Crippen LogP contribution in [0.15, 0.2) is 47.6 Å². The number of rotatable bonds is 9. The van der Waals surface area contributed by atoms with Gasteiger partial charge in [0.2, 0.25) is 0 Å². The van der Waals surface area contributed by atoms with E-state index in [-0.39, 0.29) is 41.1 Å². The number of allylic oxidation sites excluding steroid dienone is 4. The zero-order chi connectivity index (χ0) is 28.8. The predicted octanol–water partition coefficient (Wildman–Crippen LogP) is 4.63. The first kappa shape index (κ1) is 29.5. The Morgan fingerprint density at radius 3 is 2.59 bits per heavy atom. The average Bonchev–Trinajstić information content (AvgIpc) is 3.36. The second-order valence-corrected chi connectivity index (χ2v) is 12.6. The highest BCUT2D eigenvalue weighted by Crippen LogP contribution is 2.71. The van der Waals surface area contributed by atoms with Gasteiger partial charge >= 0.3 is 11.9 Å². The maximum absolute atomic E-state index is 14.5. The van der Waals surface area contributed by atoms with Crippen LogP contribution in [0.4, 0.5) is 0 Å². The van der Waals surface area contributed by atoms with E-state index in [1.54, 1.807) is 31.2 Å². The second-order valence-electron chi connectivity index (χ2n) is 12.6. The van der Waals surface area contributed by atoms with Gasteiger partial charge in [-0.05, 0) is 60.5 Å². The topological polar surface area (TPSA) is 110 Å². The Balaban J connectivity index is 1.69. The lowest BCUT2D eigenvalue weighted by molar-refractivity contribution is -0.201. The van der Waals surface area contributed by atoms with E-state index >= 15 is 0 Å². The highest BCUT2D eigenvalue weighted by Gasteiger charge is 2.76. The molecule has 1 spiro atoms. The summed E-state index contributed by atoms with van der Waals surface area (Å²) in [6.07, 6.45) is 12.3. The average molecular weight is 541 g/mol. The lowest BCUT2D eigenvalue weighted by Gasteiger charge is -2.48. The molecule has 4 rings (SSSR count). The number of carbonyl (C=O) groups excluding carboxylic acids is 3. The van der Waals surface area contributed by atoms with Crippen molar-refractivity contribution < 1.29 is 34.1 Å². The quantitative estimate of drug-likeness (QED) is 0.144. The summed E-state index contributed by atoms with van der Waals surface area (Å²) < 4.78 is 11.1. The molecule has 4 aliphatic carbocycles.